The minimum absolute atomic E-state index is 0. The predicted molar refractivity (Wildman–Crippen MR) is 140 cm³/mol. The quantitative estimate of drug-likeness (QED) is 0.178. The van der Waals surface area contributed by atoms with Crippen molar-refractivity contribution in [3.05, 3.63) is 53.1 Å². The summed E-state index contributed by atoms with van der Waals surface area (Å²) in [6, 6.07) is 12.1. The summed E-state index contributed by atoms with van der Waals surface area (Å²) in [6.45, 7) is 4.69. The maximum Gasteiger partial charge on any atom is 0.191 e. The van der Waals surface area contributed by atoms with Crippen LogP contribution in [0.15, 0.2) is 41.4 Å². The standard InChI is InChI=1S/C24H35N3O4.HI/c1-18-7-8-20(23(15-18)31-14-6-13-28-3)17-27-24(25-2)26-12-11-19-16-21(29-4)9-10-22(19)30-5;/h7-10,15-16H,6,11-14,17H2,1-5H3,(H2,25,26,27);1H. The van der Waals surface area contributed by atoms with Crippen LogP contribution in [-0.4, -0.2) is 54.1 Å². The number of halogens is 1. The monoisotopic (exact) mass is 557 g/mol. The molecular formula is C24H36IN3O4. The molecule has 0 aliphatic rings. The maximum absolute atomic E-state index is 5.97. The van der Waals surface area contributed by atoms with E-state index in [1.807, 2.05) is 18.2 Å². The van der Waals surface area contributed by atoms with Crippen LogP contribution in [0.2, 0.25) is 0 Å². The van der Waals surface area contributed by atoms with Gasteiger partial charge in [-0.05, 0) is 48.7 Å². The number of aliphatic imine (C=N–C) groups is 1. The molecule has 2 N–H and O–H groups in total. The number of nitrogens with zero attached hydrogens (tertiary/aromatic N) is 1. The summed E-state index contributed by atoms with van der Waals surface area (Å²) in [6.07, 6.45) is 1.63. The second kappa shape index (κ2) is 15.6. The van der Waals surface area contributed by atoms with Gasteiger partial charge in [0, 0.05) is 45.8 Å². The Morgan fingerprint density at radius 3 is 2.41 bits per heavy atom. The Morgan fingerprint density at radius 1 is 0.906 bits per heavy atom. The first-order chi connectivity index (χ1) is 15.1. The molecule has 0 unspecified atom stereocenters. The number of benzene rings is 2. The molecule has 0 saturated carbocycles. The minimum atomic E-state index is 0. The molecule has 32 heavy (non-hydrogen) atoms. The number of guanidine groups is 1. The Labute approximate surface area is 208 Å². The third-order valence-electron chi connectivity index (χ3n) is 4.82. The van der Waals surface area contributed by atoms with E-state index in [-0.39, 0.29) is 24.0 Å². The Kier molecular flexibility index (Phi) is 13.5. The molecule has 2 rings (SSSR count). The van der Waals surface area contributed by atoms with Gasteiger partial charge in [-0.15, -0.1) is 24.0 Å². The van der Waals surface area contributed by atoms with Crippen LogP contribution in [0.25, 0.3) is 0 Å². The lowest BCUT2D eigenvalue weighted by atomic mass is 10.1. The highest BCUT2D eigenvalue weighted by Gasteiger charge is 2.08. The zero-order chi connectivity index (χ0) is 22.5. The van der Waals surface area contributed by atoms with Crippen LogP contribution < -0.4 is 24.8 Å². The Bertz CT molecular complexity index is 846. The number of ether oxygens (including phenoxy) is 4. The molecule has 0 aliphatic carbocycles. The molecule has 0 spiro atoms. The lowest BCUT2D eigenvalue weighted by Gasteiger charge is -2.16. The van der Waals surface area contributed by atoms with Crippen LogP contribution >= 0.6 is 24.0 Å². The lowest BCUT2D eigenvalue weighted by molar-refractivity contribution is 0.171. The largest absolute Gasteiger partial charge is 0.497 e. The minimum Gasteiger partial charge on any atom is -0.497 e. The molecule has 178 valence electrons. The number of methoxy groups -OCH3 is 3. The fraction of sp³-hybridized carbons (Fsp3) is 0.458. The molecule has 0 saturated heterocycles. The van der Waals surface area contributed by atoms with Crippen molar-refractivity contribution >= 4 is 29.9 Å². The molecule has 8 heteroatoms. The zero-order valence-corrected chi connectivity index (χ0v) is 22.0. The molecule has 0 bridgehead atoms. The van der Waals surface area contributed by atoms with Crippen LogP contribution in [0.4, 0.5) is 0 Å². The van der Waals surface area contributed by atoms with Crippen molar-refractivity contribution in [2.45, 2.75) is 26.3 Å². The average molecular weight is 557 g/mol. The van der Waals surface area contributed by atoms with Crippen molar-refractivity contribution in [3.8, 4) is 17.2 Å². The van der Waals surface area contributed by atoms with Crippen molar-refractivity contribution < 1.29 is 18.9 Å². The number of hydrogen-bond donors (Lipinski definition) is 2. The van der Waals surface area contributed by atoms with E-state index in [9.17, 15) is 0 Å². The normalized spacial score (nSPS) is 10.8. The molecule has 0 heterocycles. The van der Waals surface area contributed by atoms with E-state index in [0.717, 1.165) is 47.2 Å². The molecule has 2 aromatic rings. The topological polar surface area (TPSA) is 73.3 Å². The zero-order valence-electron chi connectivity index (χ0n) is 19.7. The summed E-state index contributed by atoms with van der Waals surface area (Å²) in [7, 11) is 6.80. The van der Waals surface area contributed by atoms with Crippen molar-refractivity contribution in [3.63, 3.8) is 0 Å². The van der Waals surface area contributed by atoms with Gasteiger partial charge >= 0.3 is 0 Å². The molecule has 0 fully saturated rings. The first-order valence-corrected chi connectivity index (χ1v) is 10.5. The fourth-order valence-corrected chi connectivity index (χ4v) is 3.12. The van der Waals surface area contributed by atoms with Gasteiger partial charge in [0.25, 0.3) is 0 Å². The highest BCUT2D eigenvalue weighted by atomic mass is 127. The van der Waals surface area contributed by atoms with Gasteiger partial charge in [-0.2, -0.15) is 0 Å². The summed E-state index contributed by atoms with van der Waals surface area (Å²) in [5.74, 6) is 3.28. The van der Waals surface area contributed by atoms with Crippen LogP contribution in [0.5, 0.6) is 17.2 Å². The van der Waals surface area contributed by atoms with E-state index >= 15 is 0 Å². The molecule has 0 aliphatic heterocycles. The Balaban J connectivity index is 0.00000512. The first kappa shape index (κ1) is 27.8. The molecule has 0 aromatic heterocycles. The van der Waals surface area contributed by atoms with Gasteiger partial charge in [-0.1, -0.05) is 12.1 Å². The summed E-state index contributed by atoms with van der Waals surface area (Å²) in [5, 5.41) is 6.72. The lowest BCUT2D eigenvalue weighted by Crippen LogP contribution is -2.38. The third-order valence-corrected chi connectivity index (χ3v) is 4.82. The summed E-state index contributed by atoms with van der Waals surface area (Å²) < 4.78 is 21.8. The summed E-state index contributed by atoms with van der Waals surface area (Å²) in [5.41, 5.74) is 3.33. The van der Waals surface area contributed by atoms with E-state index in [1.54, 1.807) is 28.4 Å². The second-order valence-corrected chi connectivity index (χ2v) is 7.09. The van der Waals surface area contributed by atoms with E-state index in [0.29, 0.717) is 26.3 Å². The number of hydrogen-bond acceptors (Lipinski definition) is 5. The smallest absolute Gasteiger partial charge is 0.191 e. The van der Waals surface area contributed by atoms with Gasteiger partial charge < -0.3 is 29.6 Å². The van der Waals surface area contributed by atoms with Gasteiger partial charge in [0.05, 0.1) is 20.8 Å². The van der Waals surface area contributed by atoms with Crippen molar-refractivity contribution in [1.82, 2.24) is 10.6 Å². The molecule has 0 radical (unpaired) electrons. The summed E-state index contributed by atoms with van der Waals surface area (Å²) >= 11 is 0. The van der Waals surface area contributed by atoms with Crippen LogP contribution in [0, 0.1) is 6.92 Å². The first-order valence-electron chi connectivity index (χ1n) is 10.5. The highest BCUT2D eigenvalue weighted by molar-refractivity contribution is 14.0. The fourth-order valence-electron chi connectivity index (χ4n) is 3.12. The van der Waals surface area contributed by atoms with Crippen LogP contribution in [-0.2, 0) is 17.7 Å². The van der Waals surface area contributed by atoms with Crippen molar-refractivity contribution in [1.29, 1.82) is 0 Å². The van der Waals surface area contributed by atoms with Gasteiger partial charge in [-0.25, -0.2) is 0 Å². The predicted octanol–water partition coefficient (Wildman–Crippen LogP) is 3.95. The van der Waals surface area contributed by atoms with E-state index in [4.69, 9.17) is 18.9 Å². The van der Waals surface area contributed by atoms with Crippen molar-refractivity contribution in [2.24, 2.45) is 4.99 Å². The maximum atomic E-state index is 5.97. The SMILES string of the molecule is CN=C(NCCc1cc(OC)ccc1OC)NCc1ccc(C)cc1OCCCOC.I. The average Bonchev–Trinajstić information content (AvgIpc) is 2.79. The van der Waals surface area contributed by atoms with E-state index in [1.165, 1.54) is 5.56 Å². The van der Waals surface area contributed by atoms with Crippen molar-refractivity contribution in [2.75, 3.05) is 48.1 Å². The van der Waals surface area contributed by atoms with Gasteiger partial charge in [0.2, 0.25) is 0 Å². The second-order valence-electron chi connectivity index (χ2n) is 7.09. The molecule has 0 atom stereocenters. The van der Waals surface area contributed by atoms with Gasteiger partial charge in [-0.3, -0.25) is 4.99 Å². The van der Waals surface area contributed by atoms with E-state index in [2.05, 4.69) is 40.7 Å². The van der Waals surface area contributed by atoms with Crippen LogP contribution in [0.1, 0.15) is 23.1 Å². The number of aryl methyl sites for hydroxylation is 1. The number of rotatable bonds is 12. The highest BCUT2D eigenvalue weighted by Crippen LogP contribution is 2.24. The Hall–Kier alpha value is -2.20. The van der Waals surface area contributed by atoms with E-state index < -0.39 is 0 Å². The van der Waals surface area contributed by atoms with Gasteiger partial charge in [0.15, 0.2) is 5.96 Å². The summed E-state index contributed by atoms with van der Waals surface area (Å²) in [4.78, 5) is 4.33. The van der Waals surface area contributed by atoms with Gasteiger partial charge in [0.1, 0.15) is 17.2 Å². The molecule has 7 nitrogen and oxygen atoms in total. The third kappa shape index (κ3) is 9.12. The Morgan fingerprint density at radius 2 is 1.72 bits per heavy atom. The molecule has 2 aromatic carbocycles. The number of nitrogens with one attached hydrogen (secondary N) is 2. The molecular weight excluding hydrogens is 521 g/mol. The van der Waals surface area contributed by atoms with Crippen LogP contribution in [0.3, 0.4) is 0 Å². The molecule has 0 amide bonds.